The molecule has 28 heavy (non-hydrogen) atoms. The maximum Gasteiger partial charge on any atom is 0.261 e. The van der Waals surface area contributed by atoms with E-state index in [1.807, 2.05) is 4.72 Å². The van der Waals surface area contributed by atoms with E-state index in [4.69, 9.17) is 0 Å². The predicted molar refractivity (Wildman–Crippen MR) is 106 cm³/mol. The van der Waals surface area contributed by atoms with Gasteiger partial charge in [0.05, 0.1) is 17.1 Å². The zero-order valence-corrected chi connectivity index (χ0v) is 16.9. The Kier molecular flexibility index (Phi) is 5.66. The Bertz CT molecular complexity index is 1160. The minimum atomic E-state index is -3.81. The summed E-state index contributed by atoms with van der Waals surface area (Å²) in [5, 5.41) is 2.95. The Labute approximate surface area is 167 Å². The summed E-state index contributed by atoms with van der Waals surface area (Å²) in [6, 6.07) is 3.44. The Hall–Kier alpha value is -2.53. The number of carbonyl (C=O) groups is 1. The van der Waals surface area contributed by atoms with Crippen molar-refractivity contribution in [3.05, 3.63) is 52.3 Å². The number of fused-ring (bicyclic) bond motifs is 1. The molecule has 0 unspecified atom stereocenters. The topological polar surface area (TPSA) is 104 Å². The summed E-state index contributed by atoms with van der Waals surface area (Å²) >= 11 is 3.26. The van der Waals surface area contributed by atoms with E-state index in [1.165, 1.54) is 6.20 Å². The Balaban J connectivity index is 1.95. The second-order valence-corrected chi connectivity index (χ2v) is 8.67. The van der Waals surface area contributed by atoms with E-state index in [9.17, 15) is 22.0 Å². The van der Waals surface area contributed by atoms with Crippen molar-refractivity contribution in [1.82, 2.24) is 9.97 Å². The first-order valence-corrected chi connectivity index (χ1v) is 10.6. The molecular weight excluding hydrogens is 458 g/mol. The zero-order valence-electron chi connectivity index (χ0n) is 14.5. The number of nitrogens with one attached hydrogen (secondary N) is 3. The first-order valence-electron chi connectivity index (χ1n) is 8.14. The summed E-state index contributed by atoms with van der Waals surface area (Å²) in [7, 11) is -3.81. The number of amides is 1. The fraction of sp³-hybridized carbons (Fsp3) is 0.176. The smallest absolute Gasteiger partial charge is 0.261 e. The van der Waals surface area contributed by atoms with Crippen LogP contribution in [0.5, 0.6) is 0 Å². The highest BCUT2D eigenvalue weighted by atomic mass is 79.9. The van der Waals surface area contributed by atoms with Gasteiger partial charge in [-0.15, -0.1) is 0 Å². The number of hydrogen-bond donors (Lipinski definition) is 3. The van der Waals surface area contributed by atoms with Crippen LogP contribution >= 0.6 is 15.9 Å². The van der Waals surface area contributed by atoms with Gasteiger partial charge in [-0.2, -0.15) is 0 Å². The molecule has 0 aliphatic carbocycles. The van der Waals surface area contributed by atoms with Crippen LogP contribution in [0.3, 0.4) is 0 Å². The number of anilines is 2. The highest BCUT2D eigenvalue weighted by Crippen LogP contribution is 2.27. The fourth-order valence-electron chi connectivity index (χ4n) is 2.59. The standard InChI is InChI=1S/C17H15BrF2N4O3S/c1-2-5-28(26,27)24-12-4-3-11(19)14(15(12)20)17(25)23-13-8-22-16-10(13)6-9(18)7-21-16/h3-4,6-8,24H,2,5H2,1H3,(H,21,22)(H,23,25). The van der Waals surface area contributed by atoms with E-state index in [1.54, 1.807) is 19.2 Å². The SMILES string of the molecule is CCCS(=O)(=O)Nc1ccc(F)c(C(=O)Nc2c[nH]c3ncc(Br)cc23)c1F. The number of aromatic amines is 1. The predicted octanol–water partition coefficient (Wildman–Crippen LogP) is 4.01. The van der Waals surface area contributed by atoms with Gasteiger partial charge in [0.15, 0.2) is 5.82 Å². The van der Waals surface area contributed by atoms with E-state index in [-0.39, 0.29) is 11.4 Å². The molecule has 2 aromatic heterocycles. The van der Waals surface area contributed by atoms with Crippen molar-refractivity contribution < 1.29 is 22.0 Å². The number of halogens is 3. The van der Waals surface area contributed by atoms with Crippen molar-refractivity contribution in [1.29, 1.82) is 0 Å². The lowest BCUT2D eigenvalue weighted by Gasteiger charge is -2.12. The van der Waals surface area contributed by atoms with Gasteiger partial charge in [0.1, 0.15) is 17.0 Å². The van der Waals surface area contributed by atoms with Crippen molar-refractivity contribution >= 4 is 54.3 Å². The molecule has 2 heterocycles. The number of nitrogens with zero attached hydrogens (tertiary/aromatic N) is 1. The van der Waals surface area contributed by atoms with Gasteiger partial charge in [0.2, 0.25) is 10.0 Å². The molecule has 3 rings (SSSR count). The highest BCUT2D eigenvalue weighted by molar-refractivity contribution is 9.10. The average Bonchev–Trinajstić information content (AvgIpc) is 2.99. The molecule has 0 fully saturated rings. The summed E-state index contributed by atoms with van der Waals surface area (Å²) in [6.07, 6.45) is 3.30. The second kappa shape index (κ2) is 7.84. The molecule has 1 amide bonds. The number of sulfonamides is 1. The van der Waals surface area contributed by atoms with Gasteiger partial charge in [0, 0.05) is 22.3 Å². The molecule has 148 valence electrons. The number of rotatable bonds is 6. The normalized spacial score (nSPS) is 11.6. The van der Waals surface area contributed by atoms with Crippen LogP contribution in [0.15, 0.2) is 35.1 Å². The van der Waals surface area contributed by atoms with E-state index in [0.717, 1.165) is 12.1 Å². The number of benzene rings is 1. The Morgan fingerprint density at radius 2 is 2.04 bits per heavy atom. The van der Waals surface area contributed by atoms with E-state index < -0.39 is 38.8 Å². The Morgan fingerprint density at radius 3 is 2.75 bits per heavy atom. The minimum Gasteiger partial charge on any atom is -0.344 e. The molecule has 3 aromatic rings. The quantitative estimate of drug-likeness (QED) is 0.504. The van der Waals surface area contributed by atoms with Crippen LogP contribution in [-0.2, 0) is 10.0 Å². The maximum atomic E-state index is 14.7. The van der Waals surface area contributed by atoms with Crippen LogP contribution in [0.4, 0.5) is 20.2 Å². The second-order valence-electron chi connectivity index (χ2n) is 5.91. The molecule has 0 aliphatic rings. The molecule has 7 nitrogen and oxygen atoms in total. The fourth-order valence-corrected chi connectivity index (χ4v) is 4.06. The average molecular weight is 473 g/mol. The summed E-state index contributed by atoms with van der Waals surface area (Å²) in [4.78, 5) is 19.5. The molecule has 11 heteroatoms. The van der Waals surface area contributed by atoms with Crippen molar-refractivity contribution in [2.75, 3.05) is 15.8 Å². The van der Waals surface area contributed by atoms with Crippen LogP contribution in [-0.4, -0.2) is 30.0 Å². The molecule has 0 bridgehead atoms. The molecule has 1 aromatic carbocycles. The molecule has 0 saturated carbocycles. The van der Waals surface area contributed by atoms with Gasteiger partial charge in [-0.05, 0) is 40.5 Å². The van der Waals surface area contributed by atoms with E-state index in [2.05, 4.69) is 31.2 Å². The van der Waals surface area contributed by atoms with Crippen LogP contribution in [0, 0.1) is 11.6 Å². The number of hydrogen-bond acceptors (Lipinski definition) is 4. The third kappa shape index (κ3) is 4.14. The molecular formula is C17H15BrF2N4O3S. The van der Waals surface area contributed by atoms with Gasteiger partial charge >= 0.3 is 0 Å². The lowest BCUT2D eigenvalue weighted by Crippen LogP contribution is -2.20. The van der Waals surface area contributed by atoms with Gasteiger partial charge in [-0.25, -0.2) is 22.2 Å². The molecule has 0 saturated heterocycles. The first-order chi connectivity index (χ1) is 13.2. The van der Waals surface area contributed by atoms with Crippen LogP contribution in [0.2, 0.25) is 0 Å². The van der Waals surface area contributed by atoms with Crippen molar-refractivity contribution in [3.8, 4) is 0 Å². The monoisotopic (exact) mass is 472 g/mol. The van der Waals surface area contributed by atoms with E-state index in [0.29, 0.717) is 21.9 Å². The van der Waals surface area contributed by atoms with Gasteiger partial charge in [0.25, 0.3) is 5.91 Å². The minimum absolute atomic E-state index is 0.234. The highest BCUT2D eigenvalue weighted by Gasteiger charge is 2.23. The summed E-state index contributed by atoms with van der Waals surface area (Å²) < 4.78 is 55.3. The van der Waals surface area contributed by atoms with Crippen molar-refractivity contribution in [2.24, 2.45) is 0 Å². The third-order valence-corrected chi connectivity index (χ3v) is 5.71. The largest absolute Gasteiger partial charge is 0.344 e. The number of H-pyrrole nitrogens is 1. The number of pyridine rings is 1. The van der Waals surface area contributed by atoms with Crippen LogP contribution in [0.1, 0.15) is 23.7 Å². The molecule has 3 N–H and O–H groups in total. The first kappa shape index (κ1) is 20.2. The van der Waals surface area contributed by atoms with Crippen molar-refractivity contribution in [3.63, 3.8) is 0 Å². The van der Waals surface area contributed by atoms with Gasteiger partial charge in [-0.3, -0.25) is 9.52 Å². The Morgan fingerprint density at radius 1 is 1.29 bits per heavy atom. The number of carbonyl (C=O) groups excluding carboxylic acids is 1. The number of aromatic nitrogens is 2. The lowest BCUT2D eigenvalue weighted by atomic mass is 10.1. The third-order valence-electron chi connectivity index (χ3n) is 3.80. The molecule has 0 spiro atoms. The van der Waals surface area contributed by atoms with E-state index >= 15 is 0 Å². The molecule has 0 atom stereocenters. The molecule has 0 aliphatic heterocycles. The maximum absolute atomic E-state index is 14.7. The zero-order chi connectivity index (χ0) is 20.5. The van der Waals surface area contributed by atoms with Crippen molar-refractivity contribution in [2.45, 2.75) is 13.3 Å². The van der Waals surface area contributed by atoms with Crippen LogP contribution < -0.4 is 10.0 Å². The van der Waals surface area contributed by atoms with Gasteiger partial charge < -0.3 is 10.3 Å². The summed E-state index contributed by atoms with van der Waals surface area (Å²) in [6.45, 7) is 1.65. The lowest BCUT2D eigenvalue weighted by molar-refractivity contribution is 0.101. The summed E-state index contributed by atoms with van der Waals surface area (Å²) in [5.74, 6) is -3.71. The van der Waals surface area contributed by atoms with Gasteiger partial charge in [-0.1, -0.05) is 6.92 Å². The van der Waals surface area contributed by atoms with Crippen LogP contribution in [0.25, 0.3) is 11.0 Å². The summed E-state index contributed by atoms with van der Waals surface area (Å²) in [5.41, 5.74) is -0.651. The molecule has 0 radical (unpaired) electrons.